The van der Waals surface area contributed by atoms with Gasteiger partial charge >= 0.3 is 6.03 Å². The summed E-state index contributed by atoms with van der Waals surface area (Å²) in [7, 11) is 3.16. The van der Waals surface area contributed by atoms with Crippen LogP contribution < -0.4 is 10.5 Å². The Morgan fingerprint density at radius 2 is 2.14 bits per heavy atom. The van der Waals surface area contributed by atoms with Crippen LogP contribution in [0, 0.1) is 11.8 Å². The second kappa shape index (κ2) is 6.29. The van der Waals surface area contributed by atoms with E-state index in [9.17, 15) is 9.59 Å². The van der Waals surface area contributed by atoms with Gasteiger partial charge in [-0.15, -0.1) is 0 Å². The van der Waals surface area contributed by atoms with Crippen molar-refractivity contribution >= 4 is 11.9 Å². The van der Waals surface area contributed by atoms with E-state index in [0.717, 1.165) is 11.1 Å². The zero-order chi connectivity index (χ0) is 15.4. The van der Waals surface area contributed by atoms with Crippen molar-refractivity contribution < 1.29 is 14.3 Å². The van der Waals surface area contributed by atoms with Crippen LogP contribution in [0.15, 0.2) is 18.2 Å². The third-order valence-corrected chi connectivity index (χ3v) is 3.20. The molecule has 110 valence electrons. The molecule has 0 aromatic heterocycles. The molecule has 2 N–H and O–H groups in total. The Morgan fingerprint density at radius 1 is 1.38 bits per heavy atom. The number of hydrogen-bond donors (Lipinski definition) is 1. The van der Waals surface area contributed by atoms with E-state index in [4.69, 9.17) is 10.5 Å². The van der Waals surface area contributed by atoms with Gasteiger partial charge in [0.1, 0.15) is 12.3 Å². The van der Waals surface area contributed by atoms with Crippen LogP contribution in [0.1, 0.15) is 11.1 Å². The molecule has 6 heteroatoms. The quantitative estimate of drug-likeness (QED) is 0.645. The van der Waals surface area contributed by atoms with Gasteiger partial charge in [-0.2, -0.15) is 0 Å². The molecule has 1 aliphatic rings. The molecule has 0 radical (unpaired) electrons. The van der Waals surface area contributed by atoms with E-state index in [0.29, 0.717) is 5.75 Å². The molecule has 6 nitrogen and oxygen atoms in total. The number of nitrogens with zero attached hydrogens (tertiary/aromatic N) is 2. The van der Waals surface area contributed by atoms with Crippen LogP contribution in [0.4, 0.5) is 4.79 Å². The number of benzene rings is 1. The predicted molar refractivity (Wildman–Crippen MR) is 77.5 cm³/mol. The smallest absolute Gasteiger partial charge is 0.327 e. The van der Waals surface area contributed by atoms with Gasteiger partial charge in [0.15, 0.2) is 0 Å². The Hall–Kier alpha value is -2.52. The Morgan fingerprint density at radius 3 is 2.71 bits per heavy atom. The molecule has 2 rings (SSSR count). The van der Waals surface area contributed by atoms with Crippen LogP contribution in [-0.4, -0.2) is 49.0 Å². The SMILES string of the molecule is COc1ccc(C#CCN)c(CN2C(=O)CN(C)C2=O)c1. The molecular formula is C15H17N3O3. The second-order valence-corrected chi connectivity index (χ2v) is 4.65. The van der Waals surface area contributed by atoms with E-state index in [1.807, 2.05) is 0 Å². The fourth-order valence-corrected chi connectivity index (χ4v) is 2.09. The Bertz CT molecular complexity index is 631. The van der Waals surface area contributed by atoms with Crippen LogP contribution in [0.2, 0.25) is 0 Å². The van der Waals surface area contributed by atoms with Crippen molar-refractivity contribution in [1.82, 2.24) is 9.80 Å². The first kappa shape index (κ1) is 14.9. The fraction of sp³-hybridized carbons (Fsp3) is 0.333. The molecule has 1 heterocycles. The highest BCUT2D eigenvalue weighted by Gasteiger charge is 2.33. The van der Waals surface area contributed by atoms with Gasteiger partial charge in [0.25, 0.3) is 5.91 Å². The van der Waals surface area contributed by atoms with Crippen molar-refractivity contribution in [3.05, 3.63) is 29.3 Å². The first-order valence-electron chi connectivity index (χ1n) is 6.48. The zero-order valence-corrected chi connectivity index (χ0v) is 12.0. The largest absolute Gasteiger partial charge is 0.497 e. The van der Waals surface area contributed by atoms with Gasteiger partial charge in [-0.25, -0.2) is 4.79 Å². The maximum atomic E-state index is 11.9. The van der Waals surface area contributed by atoms with E-state index in [-0.39, 0.29) is 31.6 Å². The number of carbonyl (C=O) groups is 2. The molecule has 0 atom stereocenters. The highest BCUT2D eigenvalue weighted by molar-refractivity contribution is 6.01. The molecule has 0 bridgehead atoms. The van der Waals surface area contributed by atoms with Crippen molar-refractivity contribution in [2.45, 2.75) is 6.54 Å². The van der Waals surface area contributed by atoms with Crippen LogP contribution >= 0.6 is 0 Å². The number of carbonyl (C=O) groups excluding carboxylic acids is 2. The minimum atomic E-state index is -0.305. The maximum absolute atomic E-state index is 11.9. The maximum Gasteiger partial charge on any atom is 0.327 e. The van der Waals surface area contributed by atoms with Gasteiger partial charge < -0.3 is 15.4 Å². The number of methoxy groups -OCH3 is 1. The first-order chi connectivity index (χ1) is 10.1. The van der Waals surface area contributed by atoms with Crippen molar-refractivity contribution in [3.63, 3.8) is 0 Å². The van der Waals surface area contributed by atoms with Crippen molar-refractivity contribution in [3.8, 4) is 17.6 Å². The van der Waals surface area contributed by atoms with Crippen molar-refractivity contribution in [2.75, 3.05) is 27.2 Å². The van der Waals surface area contributed by atoms with Gasteiger partial charge in [-0.1, -0.05) is 11.8 Å². The lowest BCUT2D eigenvalue weighted by molar-refractivity contribution is -0.125. The third-order valence-electron chi connectivity index (χ3n) is 3.20. The number of nitrogens with two attached hydrogens (primary N) is 1. The minimum Gasteiger partial charge on any atom is -0.497 e. The Kier molecular flexibility index (Phi) is 4.45. The average molecular weight is 287 g/mol. The fourth-order valence-electron chi connectivity index (χ4n) is 2.09. The van der Waals surface area contributed by atoms with Crippen LogP contribution in [-0.2, 0) is 11.3 Å². The van der Waals surface area contributed by atoms with Crippen LogP contribution in [0.25, 0.3) is 0 Å². The molecule has 0 aliphatic carbocycles. The summed E-state index contributed by atoms with van der Waals surface area (Å²) in [6.45, 7) is 0.524. The van der Waals surface area contributed by atoms with Gasteiger partial charge in [-0.3, -0.25) is 9.69 Å². The Balaban J connectivity index is 2.33. The number of imide groups is 1. The van der Waals surface area contributed by atoms with Gasteiger partial charge in [-0.05, 0) is 23.8 Å². The lowest BCUT2D eigenvalue weighted by Gasteiger charge is -2.16. The Labute approximate surface area is 123 Å². The highest BCUT2D eigenvalue weighted by atomic mass is 16.5. The summed E-state index contributed by atoms with van der Waals surface area (Å²) >= 11 is 0. The molecule has 1 fully saturated rings. The summed E-state index contributed by atoms with van der Waals surface area (Å²) in [6.07, 6.45) is 0. The average Bonchev–Trinajstić information content (AvgIpc) is 2.72. The van der Waals surface area contributed by atoms with E-state index >= 15 is 0 Å². The third kappa shape index (κ3) is 3.15. The predicted octanol–water partition coefficient (Wildman–Crippen LogP) is 0.399. The molecule has 0 saturated carbocycles. The van der Waals surface area contributed by atoms with E-state index < -0.39 is 0 Å². The highest BCUT2D eigenvalue weighted by Crippen LogP contribution is 2.21. The van der Waals surface area contributed by atoms with Gasteiger partial charge in [0, 0.05) is 12.6 Å². The number of urea groups is 1. The number of amides is 3. The number of hydrogen-bond acceptors (Lipinski definition) is 4. The molecule has 1 aromatic rings. The lowest BCUT2D eigenvalue weighted by Crippen LogP contribution is -2.31. The molecule has 1 saturated heterocycles. The number of ether oxygens (including phenoxy) is 1. The second-order valence-electron chi connectivity index (χ2n) is 4.65. The molecule has 21 heavy (non-hydrogen) atoms. The minimum absolute atomic E-state index is 0.104. The van der Waals surface area contributed by atoms with Gasteiger partial charge in [0.2, 0.25) is 0 Å². The molecule has 1 aliphatic heterocycles. The van der Waals surface area contributed by atoms with Crippen molar-refractivity contribution in [2.24, 2.45) is 5.73 Å². The summed E-state index contributed by atoms with van der Waals surface area (Å²) < 4.78 is 5.18. The van der Waals surface area contributed by atoms with E-state index in [1.54, 1.807) is 32.4 Å². The first-order valence-corrected chi connectivity index (χ1v) is 6.48. The topological polar surface area (TPSA) is 75.9 Å². The molecule has 0 spiro atoms. The molecule has 1 aromatic carbocycles. The normalized spacial score (nSPS) is 14.2. The molecule has 0 unspecified atom stereocenters. The van der Waals surface area contributed by atoms with Gasteiger partial charge in [0.05, 0.1) is 20.2 Å². The number of rotatable bonds is 3. The summed E-state index contributed by atoms with van der Waals surface area (Å²) in [4.78, 5) is 26.4. The standard InChI is InChI=1S/C15H17N3O3/c1-17-10-14(19)18(15(17)20)9-12-8-13(21-2)6-5-11(12)4-3-7-16/h5-6,8H,7,9-10,16H2,1-2H3. The van der Waals surface area contributed by atoms with Crippen LogP contribution in [0.5, 0.6) is 5.75 Å². The monoisotopic (exact) mass is 287 g/mol. The van der Waals surface area contributed by atoms with Crippen molar-refractivity contribution in [1.29, 1.82) is 0 Å². The summed E-state index contributed by atoms with van der Waals surface area (Å²) in [5, 5.41) is 0. The summed E-state index contributed by atoms with van der Waals surface area (Å²) in [6, 6.07) is 5.05. The van der Waals surface area contributed by atoms with E-state index in [2.05, 4.69) is 11.8 Å². The lowest BCUT2D eigenvalue weighted by atomic mass is 10.1. The molecular weight excluding hydrogens is 270 g/mol. The number of likely N-dealkylation sites (N-methyl/N-ethyl adjacent to an activating group) is 1. The molecule has 3 amide bonds. The van der Waals surface area contributed by atoms with E-state index in [1.165, 1.54) is 9.80 Å². The summed E-state index contributed by atoms with van der Waals surface area (Å²) in [5.74, 6) is 6.15. The summed E-state index contributed by atoms with van der Waals surface area (Å²) in [5.41, 5.74) is 6.87. The van der Waals surface area contributed by atoms with Crippen LogP contribution in [0.3, 0.4) is 0 Å². The zero-order valence-electron chi connectivity index (χ0n) is 12.0.